The molecule has 0 aromatic rings. The molecule has 1 unspecified atom stereocenters. The molecule has 1 fully saturated rings. The molecular formula is C8H14N2O4. The number of nitrogens with one attached hydrogen (secondary N) is 1. The van der Waals surface area contributed by atoms with Crippen LogP contribution < -0.4 is 11.1 Å². The van der Waals surface area contributed by atoms with E-state index in [4.69, 9.17) is 15.6 Å². The predicted molar refractivity (Wildman–Crippen MR) is 47.6 cm³/mol. The molecule has 0 aliphatic carbocycles. The van der Waals surface area contributed by atoms with Gasteiger partial charge in [-0.05, 0) is 13.3 Å². The second-order valence-corrected chi connectivity index (χ2v) is 3.49. The fourth-order valence-corrected chi connectivity index (χ4v) is 1.16. The Labute approximate surface area is 81.4 Å². The van der Waals surface area contributed by atoms with E-state index in [1.807, 2.05) is 0 Å². The number of carbonyl (C=O) groups is 2. The van der Waals surface area contributed by atoms with Crippen LogP contribution in [-0.4, -0.2) is 41.8 Å². The molecule has 0 spiro atoms. The Hall–Kier alpha value is -1.14. The Balaban J connectivity index is 2.53. The molecule has 4 N–H and O–H groups in total. The standard InChI is InChI=1S/C8H14N2O4/c1-5(6(11)12)10-7(13)8(9)2-3-14-4-8/h5H,2-4,9H2,1H3,(H,10,13)(H,11,12)/t5-,8?/m1/s1. The van der Waals surface area contributed by atoms with Crippen LogP contribution in [0.15, 0.2) is 0 Å². The zero-order chi connectivity index (χ0) is 10.8. The molecule has 1 rings (SSSR count). The summed E-state index contributed by atoms with van der Waals surface area (Å²) in [5, 5.41) is 10.9. The largest absolute Gasteiger partial charge is 0.480 e. The topological polar surface area (TPSA) is 102 Å². The summed E-state index contributed by atoms with van der Waals surface area (Å²) in [7, 11) is 0. The van der Waals surface area contributed by atoms with Crippen molar-refractivity contribution in [3.63, 3.8) is 0 Å². The maximum absolute atomic E-state index is 11.5. The van der Waals surface area contributed by atoms with Gasteiger partial charge in [0.05, 0.1) is 6.61 Å². The number of hydrogen-bond acceptors (Lipinski definition) is 4. The molecule has 0 radical (unpaired) electrons. The van der Waals surface area contributed by atoms with E-state index in [-0.39, 0.29) is 6.61 Å². The van der Waals surface area contributed by atoms with Crippen LogP contribution in [0, 0.1) is 0 Å². The molecule has 1 aliphatic heterocycles. The highest BCUT2D eigenvalue weighted by molar-refractivity contribution is 5.90. The van der Waals surface area contributed by atoms with Crippen LogP contribution in [0.4, 0.5) is 0 Å². The number of rotatable bonds is 3. The SMILES string of the molecule is C[C@@H](NC(=O)C1(N)CCOC1)C(=O)O. The summed E-state index contributed by atoms with van der Waals surface area (Å²) in [6.07, 6.45) is 0.422. The van der Waals surface area contributed by atoms with Crippen molar-refractivity contribution in [2.24, 2.45) is 5.73 Å². The lowest BCUT2D eigenvalue weighted by atomic mass is 9.99. The summed E-state index contributed by atoms with van der Waals surface area (Å²) in [4.78, 5) is 22.0. The predicted octanol–water partition coefficient (Wildman–Crippen LogP) is -1.31. The lowest BCUT2D eigenvalue weighted by molar-refractivity contribution is -0.142. The van der Waals surface area contributed by atoms with E-state index in [2.05, 4.69) is 5.32 Å². The molecule has 1 saturated heterocycles. The van der Waals surface area contributed by atoms with Crippen LogP contribution in [0.25, 0.3) is 0 Å². The molecule has 1 heterocycles. The molecule has 0 aromatic heterocycles. The Bertz CT molecular complexity index is 248. The van der Waals surface area contributed by atoms with E-state index >= 15 is 0 Å². The summed E-state index contributed by atoms with van der Waals surface area (Å²) in [5.41, 5.74) is 4.66. The molecule has 1 aliphatic rings. The van der Waals surface area contributed by atoms with Gasteiger partial charge in [-0.25, -0.2) is 0 Å². The van der Waals surface area contributed by atoms with Gasteiger partial charge in [-0.2, -0.15) is 0 Å². The first-order valence-corrected chi connectivity index (χ1v) is 4.36. The number of ether oxygens (including phenoxy) is 1. The first-order valence-electron chi connectivity index (χ1n) is 4.36. The average Bonchev–Trinajstić information content (AvgIpc) is 2.53. The fourth-order valence-electron chi connectivity index (χ4n) is 1.16. The lowest BCUT2D eigenvalue weighted by Crippen LogP contribution is -2.57. The highest BCUT2D eigenvalue weighted by Gasteiger charge is 2.39. The van der Waals surface area contributed by atoms with Crippen molar-refractivity contribution < 1.29 is 19.4 Å². The maximum Gasteiger partial charge on any atom is 0.325 e. The third-order valence-electron chi connectivity index (χ3n) is 2.22. The molecule has 0 bridgehead atoms. The van der Waals surface area contributed by atoms with Crippen molar-refractivity contribution in [3.8, 4) is 0 Å². The first kappa shape index (κ1) is 10.9. The van der Waals surface area contributed by atoms with Gasteiger partial charge in [-0.15, -0.1) is 0 Å². The zero-order valence-electron chi connectivity index (χ0n) is 7.95. The van der Waals surface area contributed by atoms with Gasteiger partial charge in [0.15, 0.2) is 0 Å². The zero-order valence-corrected chi connectivity index (χ0v) is 7.95. The number of nitrogens with two attached hydrogens (primary N) is 1. The number of carboxylic acids is 1. The first-order chi connectivity index (χ1) is 6.46. The van der Waals surface area contributed by atoms with Crippen molar-refractivity contribution in [3.05, 3.63) is 0 Å². The van der Waals surface area contributed by atoms with Crippen LogP contribution in [0.3, 0.4) is 0 Å². The minimum absolute atomic E-state index is 0.144. The number of carbonyl (C=O) groups excluding carboxylic acids is 1. The van der Waals surface area contributed by atoms with E-state index in [9.17, 15) is 9.59 Å². The van der Waals surface area contributed by atoms with Gasteiger partial charge < -0.3 is 20.9 Å². The molecule has 14 heavy (non-hydrogen) atoms. The van der Waals surface area contributed by atoms with Crippen LogP contribution >= 0.6 is 0 Å². The number of amides is 1. The van der Waals surface area contributed by atoms with E-state index < -0.39 is 23.5 Å². The molecule has 1 amide bonds. The molecule has 0 aromatic carbocycles. The van der Waals surface area contributed by atoms with Crippen LogP contribution in [0.2, 0.25) is 0 Å². The second kappa shape index (κ2) is 3.93. The lowest BCUT2D eigenvalue weighted by Gasteiger charge is -2.22. The fraction of sp³-hybridized carbons (Fsp3) is 0.750. The van der Waals surface area contributed by atoms with Crippen LogP contribution in [-0.2, 0) is 14.3 Å². The summed E-state index contributed by atoms with van der Waals surface area (Å²) in [6.45, 7) is 1.97. The Kier molecular flexibility index (Phi) is 3.07. The second-order valence-electron chi connectivity index (χ2n) is 3.49. The van der Waals surface area contributed by atoms with E-state index in [0.29, 0.717) is 13.0 Å². The third kappa shape index (κ3) is 2.21. The summed E-state index contributed by atoms with van der Waals surface area (Å²) in [6, 6.07) is -0.927. The van der Waals surface area contributed by atoms with Gasteiger partial charge in [0.25, 0.3) is 0 Å². The normalized spacial score (nSPS) is 28.4. The molecule has 0 saturated carbocycles. The molecule has 2 atom stereocenters. The third-order valence-corrected chi connectivity index (χ3v) is 2.22. The maximum atomic E-state index is 11.5. The van der Waals surface area contributed by atoms with Gasteiger partial charge in [-0.3, -0.25) is 9.59 Å². The molecular weight excluding hydrogens is 188 g/mol. The van der Waals surface area contributed by atoms with E-state index in [1.54, 1.807) is 0 Å². The number of hydrogen-bond donors (Lipinski definition) is 3. The van der Waals surface area contributed by atoms with Crippen molar-refractivity contribution in [2.75, 3.05) is 13.2 Å². The van der Waals surface area contributed by atoms with Gasteiger partial charge in [0, 0.05) is 6.61 Å². The van der Waals surface area contributed by atoms with Gasteiger partial charge in [0.1, 0.15) is 11.6 Å². The smallest absolute Gasteiger partial charge is 0.325 e. The van der Waals surface area contributed by atoms with E-state index in [1.165, 1.54) is 6.92 Å². The van der Waals surface area contributed by atoms with E-state index in [0.717, 1.165) is 0 Å². The van der Waals surface area contributed by atoms with Crippen molar-refractivity contribution >= 4 is 11.9 Å². The summed E-state index contributed by atoms with van der Waals surface area (Å²) >= 11 is 0. The van der Waals surface area contributed by atoms with Gasteiger partial charge >= 0.3 is 5.97 Å². The Morgan fingerprint density at radius 2 is 2.29 bits per heavy atom. The monoisotopic (exact) mass is 202 g/mol. The quantitative estimate of drug-likeness (QED) is 0.527. The number of carboxylic acid groups (broad SMARTS) is 1. The minimum Gasteiger partial charge on any atom is -0.480 e. The molecule has 6 heteroatoms. The summed E-state index contributed by atoms with van der Waals surface area (Å²) < 4.78 is 4.99. The highest BCUT2D eigenvalue weighted by atomic mass is 16.5. The van der Waals surface area contributed by atoms with Crippen LogP contribution in [0.1, 0.15) is 13.3 Å². The van der Waals surface area contributed by atoms with Crippen molar-refractivity contribution in [2.45, 2.75) is 24.9 Å². The van der Waals surface area contributed by atoms with Gasteiger partial charge in [0.2, 0.25) is 5.91 Å². The summed E-state index contributed by atoms with van der Waals surface area (Å²) in [5.74, 6) is -1.55. The van der Waals surface area contributed by atoms with Crippen molar-refractivity contribution in [1.82, 2.24) is 5.32 Å². The van der Waals surface area contributed by atoms with Crippen molar-refractivity contribution in [1.29, 1.82) is 0 Å². The average molecular weight is 202 g/mol. The number of aliphatic carboxylic acids is 1. The molecule has 80 valence electrons. The highest BCUT2D eigenvalue weighted by Crippen LogP contribution is 2.15. The molecule has 6 nitrogen and oxygen atoms in total. The Morgan fingerprint density at radius 1 is 1.64 bits per heavy atom. The minimum atomic E-state index is -1.08. The Morgan fingerprint density at radius 3 is 2.71 bits per heavy atom. The van der Waals surface area contributed by atoms with Gasteiger partial charge in [-0.1, -0.05) is 0 Å². The van der Waals surface area contributed by atoms with Crippen LogP contribution in [0.5, 0.6) is 0 Å².